The van der Waals surface area contributed by atoms with Crippen molar-refractivity contribution in [3.8, 4) is 16.9 Å². The molecule has 4 aromatic carbocycles. The SMILES string of the molecule is Cc1cc(C)cc(-c2cc(C)cc(NN=C3C(=O)N(c4cccc(C(=O)O)c4)c4ccccc43)c2O)c1. The average Bonchev–Trinajstić information content (AvgIpc) is 3.14. The van der Waals surface area contributed by atoms with E-state index in [2.05, 4.69) is 16.6 Å². The summed E-state index contributed by atoms with van der Waals surface area (Å²) in [6.07, 6.45) is 0. The second-order valence-electron chi connectivity index (χ2n) is 9.17. The normalized spacial score (nSPS) is 13.6. The molecule has 1 heterocycles. The van der Waals surface area contributed by atoms with Gasteiger partial charge in [0.1, 0.15) is 5.75 Å². The van der Waals surface area contributed by atoms with E-state index < -0.39 is 11.9 Å². The molecule has 4 aromatic rings. The van der Waals surface area contributed by atoms with Crippen molar-refractivity contribution < 1.29 is 19.8 Å². The molecule has 0 aromatic heterocycles. The van der Waals surface area contributed by atoms with Crippen molar-refractivity contribution in [3.63, 3.8) is 0 Å². The Morgan fingerprint density at radius 2 is 1.54 bits per heavy atom. The number of phenols is 1. The number of para-hydroxylation sites is 1. The van der Waals surface area contributed by atoms with Gasteiger partial charge in [-0.1, -0.05) is 53.6 Å². The Labute approximate surface area is 214 Å². The maximum absolute atomic E-state index is 13.5. The number of fused-ring (bicyclic) bond motifs is 1. The fourth-order valence-corrected chi connectivity index (χ4v) is 4.67. The van der Waals surface area contributed by atoms with Crippen LogP contribution in [0.4, 0.5) is 17.1 Å². The lowest BCUT2D eigenvalue weighted by Gasteiger charge is -2.17. The molecule has 5 rings (SSSR count). The highest BCUT2D eigenvalue weighted by Crippen LogP contribution is 2.39. The fourth-order valence-electron chi connectivity index (χ4n) is 4.67. The highest BCUT2D eigenvalue weighted by Gasteiger charge is 2.35. The van der Waals surface area contributed by atoms with E-state index in [9.17, 15) is 19.8 Å². The summed E-state index contributed by atoms with van der Waals surface area (Å²) >= 11 is 0. The number of carboxylic acid groups (broad SMARTS) is 1. The highest BCUT2D eigenvalue weighted by atomic mass is 16.4. The molecule has 0 saturated heterocycles. The largest absolute Gasteiger partial charge is 0.505 e. The summed E-state index contributed by atoms with van der Waals surface area (Å²) in [4.78, 5) is 26.5. The van der Waals surface area contributed by atoms with E-state index >= 15 is 0 Å². The fraction of sp³-hybridized carbons (Fsp3) is 0.100. The molecule has 7 heteroatoms. The minimum absolute atomic E-state index is 0.0321. The molecule has 0 spiro atoms. The Bertz CT molecular complexity index is 1590. The lowest BCUT2D eigenvalue weighted by molar-refractivity contribution is -0.111. The van der Waals surface area contributed by atoms with Crippen molar-refractivity contribution in [1.29, 1.82) is 0 Å². The van der Waals surface area contributed by atoms with E-state index in [1.54, 1.807) is 42.5 Å². The van der Waals surface area contributed by atoms with Gasteiger partial charge < -0.3 is 10.2 Å². The zero-order chi connectivity index (χ0) is 26.3. The van der Waals surface area contributed by atoms with Crippen LogP contribution >= 0.6 is 0 Å². The minimum Gasteiger partial charge on any atom is -0.505 e. The summed E-state index contributed by atoms with van der Waals surface area (Å²) in [5.41, 5.74) is 9.79. The summed E-state index contributed by atoms with van der Waals surface area (Å²) < 4.78 is 0. The van der Waals surface area contributed by atoms with Crippen molar-refractivity contribution >= 4 is 34.7 Å². The summed E-state index contributed by atoms with van der Waals surface area (Å²) in [5.74, 6) is -1.45. The van der Waals surface area contributed by atoms with E-state index in [4.69, 9.17) is 0 Å². The third-order valence-electron chi connectivity index (χ3n) is 6.23. The number of aromatic carboxylic acids is 1. The number of phenolic OH excluding ortho intramolecular Hbond substituents is 1. The van der Waals surface area contributed by atoms with Gasteiger partial charge in [-0.25, -0.2) is 4.79 Å². The summed E-state index contributed by atoms with van der Waals surface area (Å²) in [6, 6.07) is 23.2. The van der Waals surface area contributed by atoms with Gasteiger partial charge in [0.25, 0.3) is 5.91 Å². The van der Waals surface area contributed by atoms with Crippen molar-refractivity contribution in [2.75, 3.05) is 10.3 Å². The van der Waals surface area contributed by atoms with Gasteiger partial charge in [0.05, 0.1) is 22.6 Å². The van der Waals surface area contributed by atoms with Gasteiger partial charge >= 0.3 is 5.97 Å². The summed E-state index contributed by atoms with van der Waals surface area (Å²) in [6.45, 7) is 5.95. The van der Waals surface area contributed by atoms with Crippen molar-refractivity contribution in [2.45, 2.75) is 20.8 Å². The first kappa shape index (κ1) is 23.8. The smallest absolute Gasteiger partial charge is 0.335 e. The van der Waals surface area contributed by atoms with Crippen LogP contribution in [0.1, 0.15) is 32.6 Å². The highest BCUT2D eigenvalue weighted by molar-refractivity contribution is 6.55. The third kappa shape index (κ3) is 4.43. The Morgan fingerprint density at radius 3 is 2.27 bits per heavy atom. The number of hydrazone groups is 1. The van der Waals surface area contributed by atoms with E-state index in [0.717, 1.165) is 22.3 Å². The maximum Gasteiger partial charge on any atom is 0.335 e. The number of rotatable bonds is 5. The second-order valence-corrected chi connectivity index (χ2v) is 9.17. The van der Waals surface area contributed by atoms with Crippen LogP contribution in [0.5, 0.6) is 5.75 Å². The van der Waals surface area contributed by atoms with E-state index in [0.29, 0.717) is 28.2 Å². The van der Waals surface area contributed by atoms with Gasteiger partial charge in [0.15, 0.2) is 5.71 Å². The second kappa shape index (κ2) is 9.28. The molecular formula is C30H25N3O4. The van der Waals surface area contributed by atoms with Crippen molar-refractivity contribution in [2.24, 2.45) is 5.10 Å². The van der Waals surface area contributed by atoms with Gasteiger partial charge in [0, 0.05) is 11.1 Å². The predicted octanol–water partition coefficient (Wildman–Crippen LogP) is 6.18. The van der Waals surface area contributed by atoms with Crippen LogP contribution in [-0.2, 0) is 4.79 Å². The average molecular weight is 492 g/mol. The van der Waals surface area contributed by atoms with Gasteiger partial charge in [-0.15, -0.1) is 0 Å². The van der Waals surface area contributed by atoms with E-state index in [1.165, 1.54) is 17.0 Å². The van der Waals surface area contributed by atoms with Crippen LogP contribution in [0.3, 0.4) is 0 Å². The molecule has 1 aliphatic heterocycles. The number of aryl methyl sites for hydroxylation is 3. The number of nitrogens with zero attached hydrogens (tertiary/aromatic N) is 2. The monoisotopic (exact) mass is 491 g/mol. The number of hydrogen-bond acceptors (Lipinski definition) is 5. The van der Waals surface area contributed by atoms with Crippen LogP contribution in [-0.4, -0.2) is 27.8 Å². The lowest BCUT2D eigenvalue weighted by atomic mass is 9.98. The molecular weight excluding hydrogens is 466 g/mol. The number of nitrogens with one attached hydrogen (secondary N) is 1. The zero-order valence-corrected chi connectivity index (χ0v) is 20.6. The molecule has 0 atom stereocenters. The molecule has 3 N–H and O–H groups in total. The van der Waals surface area contributed by atoms with Crippen LogP contribution in [0.15, 0.2) is 84.0 Å². The number of anilines is 3. The zero-order valence-electron chi connectivity index (χ0n) is 20.6. The predicted molar refractivity (Wildman–Crippen MR) is 145 cm³/mol. The first-order valence-electron chi connectivity index (χ1n) is 11.8. The molecule has 1 amide bonds. The molecule has 0 radical (unpaired) electrons. The number of amides is 1. The molecule has 37 heavy (non-hydrogen) atoms. The molecule has 184 valence electrons. The molecule has 1 aliphatic rings. The lowest BCUT2D eigenvalue weighted by Crippen LogP contribution is -2.26. The number of carbonyl (C=O) groups excluding carboxylic acids is 1. The van der Waals surface area contributed by atoms with Crippen molar-refractivity contribution in [3.05, 3.63) is 107 Å². The van der Waals surface area contributed by atoms with E-state index in [1.807, 2.05) is 39.0 Å². The van der Waals surface area contributed by atoms with Gasteiger partial charge in [-0.2, -0.15) is 5.10 Å². The minimum atomic E-state index is -1.08. The number of carboxylic acids is 1. The summed E-state index contributed by atoms with van der Waals surface area (Å²) in [7, 11) is 0. The number of benzene rings is 4. The number of aromatic hydroxyl groups is 1. The molecule has 7 nitrogen and oxygen atoms in total. The van der Waals surface area contributed by atoms with Gasteiger partial charge in [0.2, 0.25) is 0 Å². The Morgan fingerprint density at radius 1 is 0.838 bits per heavy atom. The van der Waals surface area contributed by atoms with Crippen molar-refractivity contribution in [1.82, 2.24) is 0 Å². The molecule has 0 saturated carbocycles. The third-order valence-corrected chi connectivity index (χ3v) is 6.23. The standard InChI is InChI=1S/C30H25N3O4/c1-17-11-18(2)13-21(12-17)24-14-19(3)15-25(28(24)34)31-32-27-23-9-4-5-10-26(23)33(29(27)35)22-8-6-7-20(16-22)30(36)37/h4-16,31,34H,1-3H3,(H,36,37). The molecule has 0 unspecified atom stereocenters. The molecule has 0 aliphatic carbocycles. The van der Waals surface area contributed by atoms with Crippen LogP contribution in [0.2, 0.25) is 0 Å². The Balaban J connectivity index is 1.55. The molecule has 0 fully saturated rings. The summed E-state index contributed by atoms with van der Waals surface area (Å²) in [5, 5.41) is 24.9. The molecule has 0 bridgehead atoms. The maximum atomic E-state index is 13.5. The Hall–Kier alpha value is -4.91. The van der Waals surface area contributed by atoms with E-state index in [-0.39, 0.29) is 17.0 Å². The van der Waals surface area contributed by atoms with Gasteiger partial charge in [-0.3, -0.25) is 15.1 Å². The van der Waals surface area contributed by atoms with Crippen LogP contribution in [0, 0.1) is 20.8 Å². The first-order chi connectivity index (χ1) is 17.7. The number of hydrogen-bond donors (Lipinski definition) is 3. The van der Waals surface area contributed by atoms with Gasteiger partial charge in [-0.05, 0) is 68.3 Å². The topological polar surface area (TPSA) is 102 Å². The number of carbonyl (C=O) groups is 2. The van der Waals surface area contributed by atoms with Crippen LogP contribution < -0.4 is 10.3 Å². The Kier molecular flexibility index (Phi) is 5.97. The van der Waals surface area contributed by atoms with Crippen LogP contribution in [0.25, 0.3) is 11.1 Å². The first-order valence-corrected chi connectivity index (χ1v) is 11.8. The quantitative estimate of drug-likeness (QED) is 0.229.